The molecule has 3 atom stereocenters. The van der Waals surface area contributed by atoms with Crippen LogP contribution in [0.25, 0.3) is 22.2 Å². The van der Waals surface area contributed by atoms with Crippen LogP contribution in [0.3, 0.4) is 0 Å². The zero-order valence-corrected chi connectivity index (χ0v) is 18.6. The van der Waals surface area contributed by atoms with Crippen molar-refractivity contribution in [2.45, 2.75) is 63.3 Å². The Morgan fingerprint density at radius 2 is 1.94 bits per heavy atom. The summed E-state index contributed by atoms with van der Waals surface area (Å²) in [5.74, 6) is 1.56. The van der Waals surface area contributed by atoms with E-state index in [1.54, 1.807) is 19.2 Å². The summed E-state index contributed by atoms with van der Waals surface area (Å²) in [7, 11) is 0. The van der Waals surface area contributed by atoms with Crippen LogP contribution in [0.5, 0.6) is 0 Å². The Morgan fingerprint density at radius 3 is 2.62 bits per heavy atom. The van der Waals surface area contributed by atoms with Crippen molar-refractivity contribution in [3.8, 4) is 11.3 Å². The number of anilines is 1. The number of oxazole rings is 1. The number of urea groups is 1. The maximum atomic E-state index is 13.1. The minimum atomic E-state index is -4.16. The lowest BCUT2D eigenvalue weighted by Crippen LogP contribution is -2.53. The summed E-state index contributed by atoms with van der Waals surface area (Å²) in [5.41, 5.74) is 1.53. The van der Waals surface area contributed by atoms with Gasteiger partial charge < -0.3 is 14.6 Å². The minimum Gasteiger partial charge on any atom is -0.441 e. The van der Waals surface area contributed by atoms with Crippen LogP contribution in [0.15, 0.2) is 34.9 Å². The summed E-state index contributed by atoms with van der Waals surface area (Å²) < 4.78 is 42.9. The van der Waals surface area contributed by atoms with E-state index in [9.17, 15) is 18.0 Å². The molecule has 2 aliphatic heterocycles. The van der Waals surface area contributed by atoms with E-state index < -0.39 is 12.6 Å². The quantitative estimate of drug-likeness (QED) is 0.558. The van der Waals surface area contributed by atoms with Gasteiger partial charge in [0.2, 0.25) is 0 Å². The molecule has 2 saturated heterocycles. The Hall–Kier alpha value is -3.21. The van der Waals surface area contributed by atoms with E-state index in [-0.39, 0.29) is 30.7 Å². The topological polar surface area (TPSA) is 96.2 Å². The fourth-order valence-corrected chi connectivity index (χ4v) is 5.02. The number of alkyl halides is 3. The molecule has 0 radical (unpaired) electrons. The molecule has 5 rings (SSSR count). The van der Waals surface area contributed by atoms with Crippen LogP contribution in [0.2, 0.25) is 0 Å². The molecule has 11 heteroatoms. The number of hydrogen-bond donors (Lipinski definition) is 2. The average Bonchev–Trinajstić information content (AvgIpc) is 3.33. The molecule has 0 spiro atoms. The van der Waals surface area contributed by atoms with Gasteiger partial charge in [-0.3, -0.25) is 5.32 Å². The highest BCUT2D eigenvalue weighted by Crippen LogP contribution is 2.36. The molecule has 8 nitrogen and oxygen atoms in total. The summed E-state index contributed by atoms with van der Waals surface area (Å²) >= 11 is 0. The molecule has 2 fully saturated rings. The number of rotatable bonds is 5. The summed E-state index contributed by atoms with van der Waals surface area (Å²) in [4.78, 5) is 19.0. The SMILES string of the molecule is Cc1ncc(-c2ccc3nnc(NC(=O)N4[C@@H]5CC[C@H]4C[C@@H](NCCC(F)(F)F)C5)cc3c2)o1. The second-order valence-corrected chi connectivity index (χ2v) is 8.96. The molecule has 1 aromatic carbocycles. The van der Waals surface area contributed by atoms with Gasteiger partial charge in [0.05, 0.1) is 18.1 Å². The van der Waals surface area contributed by atoms with Gasteiger partial charge in [0.15, 0.2) is 17.5 Å². The fraction of sp³-hybridized carbons (Fsp3) is 0.478. The van der Waals surface area contributed by atoms with Crippen LogP contribution < -0.4 is 10.6 Å². The third kappa shape index (κ3) is 4.84. The predicted octanol–water partition coefficient (Wildman–Crippen LogP) is 4.66. The highest BCUT2D eigenvalue weighted by atomic mass is 19.4. The first-order valence-electron chi connectivity index (χ1n) is 11.3. The van der Waals surface area contributed by atoms with Crippen LogP contribution >= 0.6 is 0 Å². The molecule has 2 amide bonds. The molecule has 2 aromatic heterocycles. The predicted molar refractivity (Wildman–Crippen MR) is 119 cm³/mol. The third-order valence-electron chi connectivity index (χ3n) is 6.54. The molecule has 2 aliphatic rings. The number of benzene rings is 1. The monoisotopic (exact) mass is 474 g/mol. The van der Waals surface area contributed by atoms with E-state index in [2.05, 4.69) is 25.8 Å². The maximum Gasteiger partial charge on any atom is 0.390 e. The molecule has 2 bridgehead atoms. The Kier molecular flexibility index (Phi) is 5.88. The smallest absolute Gasteiger partial charge is 0.390 e. The van der Waals surface area contributed by atoms with Gasteiger partial charge in [-0.05, 0) is 49.9 Å². The molecule has 2 N–H and O–H groups in total. The lowest BCUT2D eigenvalue weighted by Gasteiger charge is -2.39. The van der Waals surface area contributed by atoms with E-state index in [0.717, 1.165) is 23.8 Å². The number of nitrogens with one attached hydrogen (secondary N) is 2. The van der Waals surface area contributed by atoms with Crippen molar-refractivity contribution in [1.29, 1.82) is 0 Å². The number of aryl methyl sites for hydroxylation is 1. The van der Waals surface area contributed by atoms with Gasteiger partial charge >= 0.3 is 12.2 Å². The number of amides is 2. The first-order valence-corrected chi connectivity index (χ1v) is 11.3. The van der Waals surface area contributed by atoms with Crippen LogP contribution in [0, 0.1) is 6.92 Å². The van der Waals surface area contributed by atoms with Crippen LogP contribution in [0.4, 0.5) is 23.8 Å². The minimum absolute atomic E-state index is 0.00292. The Balaban J connectivity index is 1.25. The summed E-state index contributed by atoms with van der Waals surface area (Å²) in [6.45, 7) is 1.68. The average molecular weight is 474 g/mol. The first kappa shape index (κ1) is 22.6. The molecular formula is C23H25F3N6O2. The number of fused-ring (bicyclic) bond motifs is 3. The van der Waals surface area contributed by atoms with Crippen molar-refractivity contribution in [2.24, 2.45) is 0 Å². The number of halogens is 3. The van der Waals surface area contributed by atoms with E-state index in [4.69, 9.17) is 4.42 Å². The molecule has 0 aliphatic carbocycles. The summed E-state index contributed by atoms with van der Waals surface area (Å²) in [6.07, 6.45) is -0.372. The Labute approximate surface area is 193 Å². The van der Waals surface area contributed by atoms with Crippen LogP contribution in [-0.4, -0.2) is 57.0 Å². The van der Waals surface area contributed by atoms with Gasteiger partial charge in [0, 0.05) is 42.5 Å². The molecule has 4 heterocycles. The van der Waals surface area contributed by atoms with Gasteiger partial charge in [-0.2, -0.15) is 13.2 Å². The molecule has 0 unspecified atom stereocenters. The standard InChI is InChI=1S/C23H25F3N6O2/c1-13-28-12-20(34-13)14-2-5-19-15(8-14)9-21(31-30-19)29-22(33)32-17-3-4-18(32)11-16(10-17)27-7-6-23(24,25)26/h2,5,8-9,12,16-18,27H,3-4,6-7,10-11H2,1H3,(H,29,31,33)/t16-,17+,18-. The van der Waals surface area contributed by atoms with Gasteiger partial charge in [0.25, 0.3) is 0 Å². The highest BCUT2D eigenvalue weighted by Gasteiger charge is 2.43. The van der Waals surface area contributed by atoms with Gasteiger partial charge in [-0.15, -0.1) is 10.2 Å². The lowest BCUT2D eigenvalue weighted by molar-refractivity contribution is -0.133. The lowest BCUT2D eigenvalue weighted by atomic mass is 9.97. The van der Waals surface area contributed by atoms with Gasteiger partial charge in [-0.25, -0.2) is 9.78 Å². The van der Waals surface area contributed by atoms with Gasteiger partial charge in [-0.1, -0.05) is 0 Å². The third-order valence-corrected chi connectivity index (χ3v) is 6.54. The fourth-order valence-electron chi connectivity index (χ4n) is 5.02. The Bertz CT molecular complexity index is 1180. The van der Waals surface area contributed by atoms with E-state index in [0.29, 0.717) is 35.8 Å². The number of aromatic nitrogens is 3. The Morgan fingerprint density at radius 1 is 1.18 bits per heavy atom. The molecule has 0 saturated carbocycles. The van der Waals surface area contributed by atoms with Crippen molar-refractivity contribution in [1.82, 2.24) is 25.4 Å². The van der Waals surface area contributed by atoms with Gasteiger partial charge in [0.1, 0.15) is 0 Å². The number of piperidine rings is 1. The molecule has 180 valence electrons. The highest BCUT2D eigenvalue weighted by molar-refractivity contribution is 5.92. The van der Waals surface area contributed by atoms with Crippen molar-refractivity contribution in [2.75, 3.05) is 11.9 Å². The second kappa shape index (κ2) is 8.86. The van der Waals surface area contributed by atoms with Crippen LogP contribution in [0.1, 0.15) is 38.0 Å². The van der Waals surface area contributed by atoms with E-state index >= 15 is 0 Å². The number of nitrogens with zero attached hydrogens (tertiary/aromatic N) is 4. The summed E-state index contributed by atoms with van der Waals surface area (Å²) in [6, 6.07) is 7.10. The molecule has 34 heavy (non-hydrogen) atoms. The number of carbonyl (C=O) groups is 1. The van der Waals surface area contributed by atoms with Crippen molar-refractivity contribution in [3.05, 3.63) is 36.4 Å². The van der Waals surface area contributed by atoms with Crippen molar-refractivity contribution >= 4 is 22.8 Å². The normalized spacial score (nSPS) is 22.4. The number of hydrogen-bond acceptors (Lipinski definition) is 6. The molecule has 3 aromatic rings. The maximum absolute atomic E-state index is 13.1. The van der Waals surface area contributed by atoms with E-state index in [1.165, 1.54) is 0 Å². The molecular weight excluding hydrogens is 449 g/mol. The number of carbonyl (C=O) groups excluding carboxylic acids is 1. The van der Waals surface area contributed by atoms with Crippen molar-refractivity contribution < 1.29 is 22.4 Å². The zero-order chi connectivity index (χ0) is 23.9. The van der Waals surface area contributed by atoms with Crippen molar-refractivity contribution in [3.63, 3.8) is 0 Å². The largest absolute Gasteiger partial charge is 0.441 e. The zero-order valence-electron chi connectivity index (χ0n) is 18.6. The van der Waals surface area contributed by atoms with Crippen LogP contribution in [-0.2, 0) is 0 Å². The van der Waals surface area contributed by atoms with E-state index in [1.807, 2.05) is 23.1 Å². The summed E-state index contributed by atoms with van der Waals surface area (Å²) in [5, 5.41) is 15.0. The second-order valence-electron chi connectivity index (χ2n) is 8.96. The first-order chi connectivity index (χ1) is 16.2.